The summed E-state index contributed by atoms with van der Waals surface area (Å²) in [6, 6.07) is 6.23. The topological polar surface area (TPSA) is 77.8 Å². The van der Waals surface area contributed by atoms with Gasteiger partial charge in [0.05, 0.1) is 0 Å². The van der Waals surface area contributed by atoms with Gasteiger partial charge in [0.25, 0.3) is 0 Å². The summed E-state index contributed by atoms with van der Waals surface area (Å²) in [5, 5.41) is 18.4. The first-order chi connectivity index (χ1) is 9.58. The van der Waals surface area contributed by atoms with E-state index in [9.17, 15) is 14.7 Å². The standard InChI is InChI=1S/C15H17NO4/c17-10-5-3-9(4-6-10)11-8-12(11)14(18)16-7-1-2-13(16)15(19)20/h3-6,11-13,17H,1-2,7-8H2,(H,19,20). The van der Waals surface area contributed by atoms with Crippen LogP contribution in [-0.4, -0.2) is 39.6 Å². The second-order valence-corrected chi connectivity index (χ2v) is 5.57. The van der Waals surface area contributed by atoms with Crippen LogP contribution in [0.1, 0.15) is 30.7 Å². The first-order valence-electron chi connectivity index (χ1n) is 6.90. The lowest BCUT2D eigenvalue weighted by atomic mass is 10.1. The maximum atomic E-state index is 12.4. The summed E-state index contributed by atoms with van der Waals surface area (Å²) in [6.45, 7) is 0.550. The molecule has 5 heteroatoms. The third-order valence-corrected chi connectivity index (χ3v) is 4.25. The molecule has 20 heavy (non-hydrogen) atoms. The van der Waals surface area contributed by atoms with E-state index in [-0.39, 0.29) is 23.5 Å². The summed E-state index contributed by atoms with van der Waals surface area (Å²) in [5.41, 5.74) is 1.03. The second-order valence-electron chi connectivity index (χ2n) is 5.57. The SMILES string of the molecule is O=C(O)C1CCCN1C(=O)C1CC1c1ccc(O)cc1. The average Bonchev–Trinajstić information content (AvgIpc) is 3.06. The predicted molar refractivity (Wildman–Crippen MR) is 71.3 cm³/mol. The van der Waals surface area contributed by atoms with E-state index in [1.165, 1.54) is 4.90 Å². The second kappa shape index (κ2) is 4.81. The molecule has 1 aliphatic heterocycles. The van der Waals surface area contributed by atoms with Gasteiger partial charge in [-0.2, -0.15) is 0 Å². The van der Waals surface area contributed by atoms with Crippen molar-refractivity contribution in [2.75, 3.05) is 6.54 Å². The molecule has 0 spiro atoms. The van der Waals surface area contributed by atoms with E-state index in [0.29, 0.717) is 13.0 Å². The molecule has 2 fully saturated rings. The van der Waals surface area contributed by atoms with Crippen molar-refractivity contribution < 1.29 is 19.8 Å². The van der Waals surface area contributed by atoms with Crippen LogP contribution in [-0.2, 0) is 9.59 Å². The lowest BCUT2D eigenvalue weighted by Crippen LogP contribution is -2.41. The molecule has 1 aromatic carbocycles. The summed E-state index contributed by atoms with van der Waals surface area (Å²) in [5.74, 6) is -0.661. The minimum atomic E-state index is -0.905. The fraction of sp³-hybridized carbons (Fsp3) is 0.467. The van der Waals surface area contributed by atoms with Crippen LogP contribution >= 0.6 is 0 Å². The van der Waals surface area contributed by atoms with Gasteiger partial charge >= 0.3 is 5.97 Å². The van der Waals surface area contributed by atoms with Gasteiger partial charge in [0.2, 0.25) is 5.91 Å². The van der Waals surface area contributed by atoms with E-state index < -0.39 is 12.0 Å². The highest BCUT2D eigenvalue weighted by Gasteiger charge is 2.48. The first kappa shape index (κ1) is 13.0. The van der Waals surface area contributed by atoms with Crippen LogP contribution < -0.4 is 0 Å². The number of amides is 1. The lowest BCUT2D eigenvalue weighted by molar-refractivity contribution is -0.148. The Balaban J connectivity index is 1.68. The van der Waals surface area contributed by atoms with Crippen molar-refractivity contribution in [2.24, 2.45) is 5.92 Å². The summed E-state index contributed by atoms with van der Waals surface area (Å²) in [6.07, 6.45) is 2.09. The number of phenols is 1. The number of carboxylic acids is 1. The molecule has 2 N–H and O–H groups in total. The Morgan fingerprint density at radius 2 is 1.90 bits per heavy atom. The molecular weight excluding hydrogens is 258 g/mol. The highest BCUT2D eigenvalue weighted by molar-refractivity contribution is 5.88. The molecule has 1 aromatic rings. The van der Waals surface area contributed by atoms with Gasteiger partial charge in [0.15, 0.2) is 0 Å². The Morgan fingerprint density at radius 1 is 1.20 bits per heavy atom. The maximum absolute atomic E-state index is 12.4. The number of hydrogen-bond acceptors (Lipinski definition) is 3. The Kier molecular flexibility index (Phi) is 3.12. The van der Waals surface area contributed by atoms with Gasteiger partial charge < -0.3 is 15.1 Å². The maximum Gasteiger partial charge on any atom is 0.326 e. The highest BCUT2D eigenvalue weighted by atomic mass is 16.4. The molecule has 1 aliphatic carbocycles. The Morgan fingerprint density at radius 3 is 2.55 bits per heavy atom. The smallest absolute Gasteiger partial charge is 0.326 e. The number of hydrogen-bond donors (Lipinski definition) is 2. The van der Waals surface area contributed by atoms with Crippen LogP contribution in [0.2, 0.25) is 0 Å². The molecular formula is C15H17NO4. The van der Waals surface area contributed by atoms with Crippen molar-refractivity contribution in [3.05, 3.63) is 29.8 Å². The third-order valence-electron chi connectivity index (χ3n) is 4.25. The van der Waals surface area contributed by atoms with Crippen molar-refractivity contribution in [1.82, 2.24) is 4.90 Å². The van der Waals surface area contributed by atoms with Crippen molar-refractivity contribution >= 4 is 11.9 Å². The number of carbonyl (C=O) groups is 2. The molecule has 0 radical (unpaired) electrons. The summed E-state index contributed by atoms with van der Waals surface area (Å²) >= 11 is 0. The van der Waals surface area contributed by atoms with Crippen LogP contribution in [0.15, 0.2) is 24.3 Å². The van der Waals surface area contributed by atoms with Gasteiger partial charge in [-0.15, -0.1) is 0 Å². The molecule has 3 atom stereocenters. The number of carbonyl (C=O) groups excluding carboxylic acids is 1. The Hall–Kier alpha value is -2.04. The van der Waals surface area contributed by atoms with E-state index in [1.807, 2.05) is 12.1 Å². The number of nitrogens with zero attached hydrogens (tertiary/aromatic N) is 1. The molecule has 1 amide bonds. The van der Waals surface area contributed by atoms with Gasteiger partial charge in [-0.25, -0.2) is 4.79 Å². The summed E-state index contributed by atoms with van der Waals surface area (Å²) in [7, 11) is 0. The summed E-state index contributed by atoms with van der Waals surface area (Å²) < 4.78 is 0. The minimum absolute atomic E-state index is 0.0343. The van der Waals surface area contributed by atoms with Crippen molar-refractivity contribution in [3.63, 3.8) is 0 Å². The number of phenolic OH excluding ortho intramolecular Hbond substituents is 1. The molecule has 1 saturated heterocycles. The minimum Gasteiger partial charge on any atom is -0.508 e. The lowest BCUT2D eigenvalue weighted by Gasteiger charge is -2.21. The third kappa shape index (κ3) is 2.24. The van der Waals surface area contributed by atoms with Crippen LogP contribution in [0.5, 0.6) is 5.75 Å². The number of carboxylic acid groups (broad SMARTS) is 1. The highest BCUT2D eigenvalue weighted by Crippen LogP contribution is 2.49. The zero-order valence-electron chi connectivity index (χ0n) is 11.0. The van der Waals surface area contributed by atoms with E-state index in [2.05, 4.69) is 0 Å². The van der Waals surface area contributed by atoms with Crippen LogP contribution in [0, 0.1) is 5.92 Å². The van der Waals surface area contributed by atoms with E-state index in [0.717, 1.165) is 18.4 Å². The number of rotatable bonds is 3. The monoisotopic (exact) mass is 275 g/mol. The Bertz CT molecular complexity index is 539. The number of likely N-dealkylation sites (tertiary alicyclic amines) is 1. The van der Waals surface area contributed by atoms with E-state index >= 15 is 0 Å². The van der Waals surface area contributed by atoms with Gasteiger partial charge in [-0.05, 0) is 42.9 Å². The largest absolute Gasteiger partial charge is 0.508 e. The van der Waals surface area contributed by atoms with Crippen LogP contribution in [0.4, 0.5) is 0 Å². The summed E-state index contributed by atoms with van der Waals surface area (Å²) in [4.78, 5) is 25.0. The van der Waals surface area contributed by atoms with Gasteiger partial charge in [0, 0.05) is 12.5 Å². The van der Waals surface area contributed by atoms with Crippen molar-refractivity contribution in [2.45, 2.75) is 31.2 Å². The first-order valence-corrected chi connectivity index (χ1v) is 6.90. The molecule has 2 aliphatic rings. The number of aromatic hydroxyl groups is 1. The van der Waals surface area contributed by atoms with Gasteiger partial charge in [-0.1, -0.05) is 12.1 Å². The molecule has 5 nitrogen and oxygen atoms in total. The quantitative estimate of drug-likeness (QED) is 0.877. The van der Waals surface area contributed by atoms with Gasteiger partial charge in [0.1, 0.15) is 11.8 Å². The van der Waals surface area contributed by atoms with E-state index in [1.54, 1.807) is 12.1 Å². The molecule has 106 valence electrons. The molecule has 3 unspecified atom stereocenters. The number of benzene rings is 1. The Labute approximate surface area is 116 Å². The fourth-order valence-corrected chi connectivity index (χ4v) is 3.06. The normalized spacial score (nSPS) is 28.4. The zero-order valence-corrected chi connectivity index (χ0v) is 11.0. The molecule has 1 heterocycles. The average molecular weight is 275 g/mol. The predicted octanol–water partition coefficient (Wildman–Crippen LogP) is 1.57. The number of aliphatic carboxylic acids is 1. The van der Waals surface area contributed by atoms with E-state index in [4.69, 9.17) is 5.11 Å². The zero-order chi connectivity index (χ0) is 14.3. The molecule has 0 bridgehead atoms. The van der Waals surface area contributed by atoms with Crippen molar-refractivity contribution in [3.8, 4) is 5.75 Å². The van der Waals surface area contributed by atoms with Gasteiger partial charge in [-0.3, -0.25) is 4.79 Å². The van der Waals surface area contributed by atoms with Crippen molar-refractivity contribution in [1.29, 1.82) is 0 Å². The molecule has 3 rings (SSSR count). The molecule has 1 saturated carbocycles. The van der Waals surface area contributed by atoms with Crippen LogP contribution in [0.25, 0.3) is 0 Å². The molecule has 0 aromatic heterocycles. The fourth-order valence-electron chi connectivity index (χ4n) is 3.06. The van der Waals surface area contributed by atoms with Crippen LogP contribution in [0.3, 0.4) is 0 Å².